The van der Waals surface area contributed by atoms with E-state index in [0.717, 1.165) is 18.7 Å². The van der Waals surface area contributed by atoms with Crippen molar-refractivity contribution >= 4 is 0 Å². The molecule has 0 saturated heterocycles. The molecule has 0 bridgehead atoms. The summed E-state index contributed by atoms with van der Waals surface area (Å²) in [7, 11) is 3.77. The molecule has 0 amide bonds. The molecule has 96 valence electrons. The molecule has 0 aliphatic rings. The lowest BCUT2D eigenvalue weighted by Crippen LogP contribution is -2.31. The summed E-state index contributed by atoms with van der Waals surface area (Å²) in [5.74, 6) is 1.01. The van der Waals surface area contributed by atoms with E-state index in [9.17, 15) is 0 Å². The van der Waals surface area contributed by atoms with Gasteiger partial charge in [-0.1, -0.05) is 38.5 Å². The summed E-state index contributed by atoms with van der Waals surface area (Å²) in [5, 5.41) is 3.31. The Labute approximate surface area is 105 Å². The average molecular weight is 235 g/mol. The van der Waals surface area contributed by atoms with Crippen LogP contribution in [0.2, 0.25) is 0 Å². The Morgan fingerprint density at radius 2 is 2.00 bits per heavy atom. The van der Waals surface area contributed by atoms with E-state index < -0.39 is 0 Å². The highest BCUT2D eigenvalue weighted by Gasteiger charge is 2.24. The SMILES string of the molecule is CCCC(C)(CNC)Cc1ccccc1OC. The maximum Gasteiger partial charge on any atom is 0.122 e. The van der Waals surface area contributed by atoms with Crippen molar-refractivity contribution in [2.45, 2.75) is 33.1 Å². The number of ether oxygens (including phenoxy) is 1. The molecular weight excluding hydrogens is 210 g/mol. The fourth-order valence-electron chi connectivity index (χ4n) is 2.58. The predicted molar refractivity (Wildman–Crippen MR) is 73.6 cm³/mol. The number of benzene rings is 1. The van der Waals surface area contributed by atoms with Gasteiger partial charge >= 0.3 is 0 Å². The van der Waals surface area contributed by atoms with Crippen LogP contribution in [0, 0.1) is 5.41 Å². The molecule has 1 rings (SSSR count). The molecule has 0 fully saturated rings. The Morgan fingerprint density at radius 3 is 2.59 bits per heavy atom. The second-order valence-electron chi connectivity index (χ2n) is 5.08. The Kier molecular flexibility index (Phi) is 5.49. The maximum atomic E-state index is 5.43. The standard InChI is InChI=1S/C15H25NO/c1-5-10-15(2,12-16-3)11-13-8-6-7-9-14(13)17-4/h6-9,16H,5,10-12H2,1-4H3. The van der Waals surface area contributed by atoms with Crippen molar-refractivity contribution in [2.75, 3.05) is 20.7 Å². The van der Waals surface area contributed by atoms with Gasteiger partial charge in [-0.3, -0.25) is 0 Å². The first-order valence-electron chi connectivity index (χ1n) is 6.41. The van der Waals surface area contributed by atoms with E-state index in [1.165, 1.54) is 18.4 Å². The first-order valence-corrected chi connectivity index (χ1v) is 6.41. The third-order valence-electron chi connectivity index (χ3n) is 3.27. The lowest BCUT2D eigenvalue weighted by molar-refractivity contribution is 0.278. The van der Waals surface area contributed by atoms with Gasteiger partial charge in [0.05, 0.1) is 7.11 Å². The van der Waals surface area contributed by atoms with E-state index in [0.29, 0.717) is 5.41 Å². The van der Waals surface area contributed by atoms with E-state index >= 15 is 0 Å². The van der Waals surface area contributed by atoms with Crippen molar-refractivity contribution in [2.24, 2.45) is 5.41 Å². The Bertz CT molecular complexity index is 329. The summed E-state index contributed by atoms with van der Waals surface area (Å²) in [6, 6.07) is 8.32. The highest BCUT2D eigenvalue weighted by molar-refractivity contribution is 5.34. The van der Waals surface area contributed by atoms with Gasteiger partial charge < -0.3 is 10.1 Å². The summed E-state index contributed by atoms with van der Waals surface area (Å²) >= 11 is 0. The third kappa shape index (κ3) is 4.04. The van der Waals surface area contributed by atoms with Crippen LogP contribution in [-0.4, -0.2) is 20.7 Å². The summed E-state index contributed by atoms with van der Waals surface area (Å²) in [6.45, 7) is 5.63. The van der Waals surface area contributed by atoms with Gasteiger partial charge in [0, 0.05) is 6.54 Å². The fraction of sp³-hybridized carbons (Fsp3) is 0.600. The molecule has 0 saturated carbocycles. The molecule has 1 unspecified atom stereocenters. The van der Waals surface area contributed by atoms with E-state index in [-0.39, 0.29) is 0 Å². The summed E-state index contributed by atoms with van der Waals surface area (Å²) in [4.78, 5) is 0. The number of hydrogen-bond donors (Lipinski definition) is 1. The summed E-state index contributed by atoms with van der Waals surface area (Å²) in [6.07, 6.45) is 3.50. The van der Waals surface area contributed by atoms with Gasteiger partial charge in [-0.25, -0.2) is 0 Å². The quantitative estimate of drug-likeness (QED) is 0.783. The largest absolute Gasteiger partial charge is 0.496 e. The molecule has 0 aromatic heterocycles. The zero-order valence-electron chi connectivity index (χ0n) is 11.5. The van der Waals surface area contributed by atoms with Crippen molar-refractivity contribution in [3.05, 3.63) is 29.8 Å². The smallest absolute Gasteiger partial charge is 0.122 e. The molecule has 0 spiro atoms. The maximum absolute atomic E-state index is 5.43. The summed E-state index contributed by atoms with van der Waals surface area (Å²) in [5.41, 5.74) is 1.61. The molecule has 1 aromatic rings. The number of para-hydroxylation sites is 1. The van der Waals surface area contributed by atoms with Gasteiger partial charge in [-0.15, -0.1) is 0 Å². The van der Waals surface area contributed by atoms with E-state index in [2.05, 4.69) is 31.3 Å². The van der Waals surface area contributed by atoms with E-state index in [1.807, 2.05) is 19.2 Å². The lowest BCUT2D eigenvalue weighted by Gasteiger charge is -2.30. The van der Waals surface area contributed by atoms with Crippen LogP contribution in [0.15, 0.2) is 24.3 Å². The van der Waals surface area contributed by atoms with Crippen molar-refractivity contribution < 1.29 is 4.74 Å². The van der Waals surface area contributed by atoms with Gasteiger partial charge in [0.25, 0.3) is 0 Å². The monoisotopic (exact) mass is 235 g/mol. The van der Waals surface area contributed by atoms with Crippen LogP contribution in [0.25, 0.3) is 0 Å². The topological polar surface area (TPSA) is 21.3 Å². The molecule has 0 aliphatic carbocycles. The van der Waals surface area contributed by atoms with Gasteiger partial charge in [0.2, 0.25) is 0 Å². The number of hydrogen-bond acceptors (Lipinski definition) is 2. The van der Waals surface area contributed by atoms with Gasteiger partial charge in [0.15, 0.2) is 0 Å². The molecular formula is C15H25NO. The summed E-state index contributed by atoms with van der Waals surface area (Å²) < 4.78 is 5.43. The minimum Gasteiger partial charge on any atom is -0.496 e. The van der Waals surface area contributed by atoms with Crippen LogP contribution in [0.5, 0.6) is 5.75 Å². The van der Waals surface area contributed by atoms with Crippen molar-refractivity contribution in [3.8, 4) is 5.75 Å². The number of rotatable bonds is 7. The van der Waals surface area contributed by atoms with Crippen LogP contribution in [0.1, 0.15) is 32.3 Å². The minimum absolute atomic E-state index is 0.304. The molecule has 0 aliphatic heterocycles. The average Bonchev–Trinajstić information content (AvgIpc) is 2.30. The van der Waals surface area contributed by atoms with Crippen LogP contribution in [0.3, 0.4) is 0 Å². The van der Waals surface area contributed by atoms with Crippen molar-refractivity contribution in [3.63, 3.8) is 0 Å². The second kappa shape index (κ2) is 6.65. The lowest BCUT2D eigenvalue weighted by atomic mass is 9.79. The molecule has 2 heteroatoms. The zero-order chi connectivity index (χ0) is 12.7. The predicted octanol–water partition coefficient (Wildman–Crippen LogP) is 3.26. The van der Waals surface area contributed by atoms with Gasteiger partial charge in [-0.2, -0.15) is 0 Å². The molecule has 0 heterocycles. The Morgan fingerprint density at radius 1 is 1.29 bits per heavy atom. The third-order valence-corrected chi connectivity index (χ3v) is 3.27. The van der Waals surface area contributed by atoms with Crippen LogP contribution < -0.4 is 10.1 Å². The van der Waals surface area contributed by atoms with E-state index in [1.54, 1.807) is 7.11 Å². The number of methoxy groups -OCH3 is 1. The molecule has 1 atom stereocenters. The molecule has 17 heavy (non-hydrogen) atoms. The van der Waals surface area contributed by atoms with Crippen LogP contribution in [-0.2, 0) is 6.42 Å². The second-order valence-corrected chi connectivity index (χ2v) is 5.08. The zero-order valence-corrected chi connectivity index (χ0v) is 11.5. The Hall–Kier alpha value is -1.02. The highest BCUT2D eigenvalue weighted by Crippen LogP contribution is 2.31. The molecule has 0 radical (unpaired) electrons. The Balaban J connectivity index is 2.85. The fourth-order valence-corrected chi connectivity index (χ4v) is 2.58. The van der Waals surface area contributed by atoms with Gasteiger partial charge in [-0.05, 0) is 36.9 Å². The molecule has 1 aromatic carbocycles. The van der Waals surface area contributed by atoms with Crippen LogP contribution in [0.4, 0.5) is 0 Å². The molecule has 2 nitrogen and oxygen atoms in total. The van der Waals surface area contributed by atoms with Gasteiger partial charge in [0.1, 0.15) is 5.75 Å². The first-order chi connectivity index (χ1) is 8.15. The van der Waals surface area contributed by atoms with Crippen molar-refractivity contribution in [1.29, 1.82) is 0 Å². The number of nitrogens with one attached hydrogen (secondary N) is 1. The van der Waals surface area contributed by atoms with Crippen LogP contribution >= 0.6 is 0 Å². The van der Waals surface area contributed by atoms with E-state index in [4.69, 9.17) is 4.74 Å². The van der Waals surface area contributed by atoms with Crippen molar-refractivity contribution in [1.82, 2.24) is 5.32 Å². The highest BCUT2D eigenvalue weighted by atomic mass is 16.5. The normalized spacial score (nSPS) is 14.4. The molecule has 1 N–H and O–H groups in total. The first kappa shape index (κ1) is 14.0. The minimum atomic E-state index is 0.304.